The third-order valence-corrected chi connectivity index (χ3v) is 3.53. The summed E-state index contributed by atoms with van der Waals surface area (Å²) in [4.78, 5) is 26.1. The largest absolute Gasteiger partial charge is 0.444 e. The van der Waals surface area contributed by atoms with Gasteiger partial charge < -0.3 is 14.8 Å². The van der Waals surface area contributed by atoms with E-state index in [1.807, 2.05) is 0 Å². The van der Waals surface area contributed by atoms with Gasteiger partial charge in [-0.3, -0.25) is 9.69 Å². The molecule has 0 radical (unpaired) electrons. The molecule has 1 aliphatic rings. The lowest BCUT2D eigenvalue weighted by atomic mass is 10.2. The van der Waals surface area contributed by atoms with Crippen LogP contribution in [-0.2, 0) is 9.53 Å². The third kappa shape index (κ3) is 5.58. The van der Waals surface area contributed by atoms with Gasteiger partial charge in [0.2, 0.25) is 5.91 Å². The number of carbonyl (C=O) groups excluding carboxylic acids is 2. The zero-order chi connectivity index (χ0) is 18.6. The number of hydrogen-bond donors (Lipinski definition) is 1. The average Bonchev–Trinajstić information content (AvgIpc) is 2.96. The highest BCUT2D eigenvalue weighted by atomic mass is 19.3. The Bertz CT molecular complexity index is 614. The van der Waals surface area contributed by atoms with Gasteiger partial charge in [-0.2, -0.15) is 8.78 Å². The average molecular weight is 356 g/mol. The minimum Gasteiger partial charge on any atom is -0.444 e. The summed E-state index contributed by atoms with van der Waals surface area (Å²) in [5.41, 5.74) is -0.205. The molecule has 2 amide bonds. The molecule has 0 aliphatic carbocycles. The fourth-order valence-electron chi connectivity index (χ4n) is 2.52. The van der Waals surface area contributed by atoms with Gasteiger partial charge >= 0.3 is 12.7 Å². The molecule has 1 atom stereocenters. The SMILES string of the molecule is CC(C)(C)OC(=O)N1CCC[C@H]1C(=O)Nc1ccc(OC(F)F)cc1. The van der Waals surface area contributed by atoms with E-state index < -0.39 is 24.3 Å². The van der Waals surface area contributed by atoms with Crippen molar-refractivity contribution in [1.82, 2.24) is 4.90 Å². The molecule has 1 heterocycles. The summed E-state index contributed by atoms with van der Waals surface area (Å²) < 4.78 is 33.8. The summed E-state index contributed by atoms with van der Waals surface area (Å²) in [5.74, 6) is -0.338. The molecule has 0 unspecified atom stereocenters. The second-order valence-electron chi connectivity index (χ2n) is 6.72. The van der Waals surface area contributed by atoms with E-state index in [1.54, 1.807) is 20.8 Å². The standard InChI is InChI=1S/C17H22F2N2O4/c1-17(2,3)25-16(23)21-10-4-5-13(21)14(22)20-11-6-8-12(9-7-11)24-15(18)19/h6-9,13,15H,4-5,10H2,1-3H3,(H,20,22)/t13-/m0/s1. The van der Waals surface area contributed by atoms with E-state index in [9.17, 15) is 18.4 Å². The predicted molar refractivity (Wildman–Crippen MR) is 87.7 cm³/mol. The highest BCUT2D eigenvalue weighted by molar-refractivity contribution is 5.96. The van der Waals surface area contributed by atoms with Gasteiger partial charge in [0.1, 0.15) is 17.4 Å². The molecule has 0 spiro atoms. The highest BCUT2D eigenvalue weighted by Crippen LogP contribution is 2.23. The van der Waals surface area contributed by atoms with Crippen LogP contribution in [0.2, 0.25) is 0 Å². The van der Waals surface area contributed by atoms with Gasteiger partial charge in [0.05, 0.1) is 0 Å². The van der Waals surface area contributed by atoms with Crippen molar-refractivity contribution in [3.8, 4) is 5.75 Å². The smallest absolute Gasteiger partial charge is 0.410 e. The maximum atomic E-state index is 12.4. The number of nitrogens with one attached hydrogen (secondary N) is 1. The van der Waals surface area contributed by atoms with Crippen LogP contribution in [0.5, 0.6) is 5.75 Å². The van der Waals surface area contributed by atoms with E-state index in [1.165, 1.54) is 29.2 Å². The molecular weight excluding hydrogens is 334 g/mol. The second-order valence-corrected chi connectivity index (χ2v) is 6.72. The fourth-order valence-corrected chi connectivity index (χ4v) is 2.52. The van der Waals surface area contributed by atoms with Gasteiger partial charge in [-0.15, -0.1) is 0 Å². The molecule has 8 heteroatoms. The minimum absolute atomic E-state index is 0.00393. The molecule has 1 fully saturated rings. The van der Waals surface area contributed by atoms with Gasteiger partial charge in [0, 0.05) is 12.2 Å². The first-order chi connectivity index (χ1) is 11.7. The Morgan fingerprint density at radius 2 is 1.88 bits per heavy atom. The van der Waals surface area contributed by atoms with Crippen LogP contribution >= 0.6 is 0 Å². The summed E-state index contributed by atoms with van der Waals surface area (Å²) in [6.07, 6.45) is 0.724. The molecule has 6 nitrogen and oxygen atoms in total. The Morgan fingerprint density at radius 3 is 2.44 bits per heavy atom. The molecule has 138 valence electrons. The highest BCUT2D eigenvalue weighted by Gasteiger charge is 2.36. The molecule has 2 rings (SSSR count). The van der Waals surface area contributed by atoms with Crippen molar-refractivity contribution in [2.75, 3.05) is 11.9 Å². The summed E-state index contributed by atoms with van der Waals surface area (Å²) in [6.45, 7) is 2.84. The van der Waals surface area contributed by atoms with Gasteiger partial charge in [-0.1, -0.05) is 0 Å². The van der Waals surface area contributed by atoms with Crippen molar-refractivity contribution < 1.29 is 27.8 Å². The molecule has 0 aromatic heterocycles. The maximum Gasteiger partial charge on any atom is 0.410 e. The number of amides is 2. The van der Waals surface area contributed by atoms with Crippen LogP contribution in [0, 0.1) is 0 Å². The number of anilines is 1. The van der Waals surface area contributed by atoms with E-state index in [-0.39, 0.29) is 11.7 Å². The predicted octanol–water partition coefficient (Wildman–Crippen LogP) is 3.63. The van der Waals surface area contributed by atoms with E-state index in [4.69, 9.17) is 4.74 Å². The molecule has 1 N–H and O–H groups in total. The van der Waals surface area contributed by atoms with Gasteiger partial charge in [0.25, 0.3) is 0 Å². The molecule has 1 aliphatic heterocycles. The number of hydrogen-bond acceptors (Lipinski definition) is 4. The number of halogens is 2. The van der Waals surface area contributed by atoms with E-state index in [0.717, 1.165) is 0 Å². The summed E-state index contributed by atoms with van der Waals surface area (Å²) >= 11 is 0. The van der Waals surface area contributed by atoms with E-state index in [2.05, 4.69) is 10.1 Å². The van der Waals surface area contributed by atoms with Crippen molar-refractivity contribution >= 4 is 17.7 Å². The number of ether oxygens (including phenoxy) is 2. The van der Waals surface area contributed by atoms with Gasteiger partial charge in [0.15, 0.2) is 0 Å². The van der Waals surface area contributed by atoms with Crippen LogP contribution in [0.4, 0.5) is 19.3 Å². The molecule has 0 saturated carbocycles. The zero-order valence-electron chi connectivity index (χ0n) is 14.4. The Balaban J connectivity index is 1.98. The molecule has 1 saturated heterocycles. The Kier molecular flexibility index (Phi) is 5.81. The van der Waals surface area contributed by atoms with Crippen LogP contribution in [0.25, 0.3) is 0 Å². The van der Waals surface area contributed by atoms with Crippen molar-refractivity contribution in [3.05, 3.63) is 24.3 Å². The van der Waals surface area contributed by atoms with E-state index in [0.29, 0.717) is 25.1 Å². The first-order valence-corrected chi connectivity index (χ1v) is 8.01. The minimum atomic E-state index is -2.90. The molecule has 1 aromatic rings. The topological polar surface area (TPSA) is 67.9 Å². The number of benzene rings is 1. The van der Waals surface area contributed by atoms with E-state index >= 15 is 0 Å². The monoisotopic (exact) mass is 356 g/mol. The van der Waals surface area contributed by atoms with Crippen molar-refractivity contribution in [2.24, 2.45) is 0 Å². The number of likely N-dealkylation sites (tertiary alicyclic amines) is 1. The summed E-state index contributed by atoms with van der Waals surface area (Å²) in [5, 5.41) is 2.68. The fraction of sp³-hybridized carbons (Fsp3) is 0.529. The van der Waals surface area contributed by atoms with Gasteiger partial charge in [-0.25, -0.2) is 4.79 Å². The Morgan fingerprint density at radius 1 is 1.24 bits per heavy atom. The summed E-state index contributed by atoms with van der Waals surface area (Å²) in [6, 6.07) is 4.97. The van der Waals surface area contributed by atoms with Crippen molar-refractivity contribution in [1.29, 1.82) is 0 Å². The Hall–Kier alpha value is -2.38. The Labute approximate surface area is 145 Å². The quantitative estimate of drug-likeness (QED) is 0.895. The van der Waals surface area contributed by atoms with Crippen molar-refractivity contribution in [2.45, 2.75) is 51.9 Å². The molecule has 1 aromatic carbocycles. The zero-order valence-corrected chi connectivity index (χ0v) is 14.4. The number of rotatable bonds is 4. The second kappa shape index (κ2) is 7.67. The number of alkyl halides is 2. The van der Waals surface area contributed by atoms with Crippen LogP contribution in [0.1, 0.15) is 33.6 Å². The van der Waals surface area contributed by atoms with Crippen LogP contribution in [-0.4, -0.2) is 41.7 Å². The number of carbonyl (C=O) groups is 2. The van der Waals surface area contributed by atoms with Crippen LogP contribution in [0.15, 0.2) is 24.3 Å². The first kappa shape index (κ1) is 19.0. The molecule has 25 heavy (non-hydrogen) atoms. The molecule has 0 bridgehead atoms. The lowest BCUT2D eigenvalue weighted by Gasteiger charge is -2.28. The first-order valence-electron chi connectivity index (χ1n) is 8.01. The lowest BCUT2D eigenvalue weighted by Crippen LogP contribution is -2.45. The normalized spacial score (nSPS) is 17.5. The van der Waals surface area contributed by atoms with Crippen LogP contribution in [0.3, 0.4) is 0 Å². The maximum absolute atomic E-state index is 12.4. The summed E-state index contributed by atoms with van der Waals surface area (Å²) in [7, 11) is 0. The number of nitrogens with zero attached hydrogens (tertiary/aromatic N) is 1. The molecular formula is C17H22F2N2O4. The van der Waals surface area contributed by atoms with Crippen LogP contribution < -0.4 is 10.1 Å². The third-order valence-electron chi connectivity index (χ3n) is 3.53. The van der Waals surface area contributed by atoms with Gasteiger partial charge in [-0.05, 0) is 57.9 Å². The lowest BCUT2D eigenvalue weighted by molar-refractivity contribution is -0.120. The van der Waals surface area contributed by atoms with Crippen molar-refractivity contribution in [3.63, 3.8) is 0 Å².